The average Bonchev–Trinajstić information content (AvgIpc) is 2.53. The third kappa shape index (κ3) is 4.30. The lowest BCUT2D eigenvalue weighted by Crippen LogP contribution is -2.38. The summed E-state index contributed by atoms with van der Waals surface area (Å²) < 4.78 is 0. The van der Waals surface area contributed by atoms with Gasteiger partial charge in [-0.3, -0.25) is 4.79 Å². The number of rotatable bonds is 5. The zero-order valence-electron chi connectivity index (χ0n) is 12.2. The number of hydrogen-bond acceptors (Lipinski definition) is 5. The maximum absolute atomic E-state index is 12.2. The van der Waals surface area contributed by atoms with Gasteiger partial charge in [-0.1, -0.05) is 18.5 Å². The van der Waals surface area contributed by atoms with Gasteiger partial charge in [-0.15, -0.1) is 0 Å². The molecular formula is C14H22ClN5O. The Kier molecular flexibility index (Phi) is 5.78. The molecule has 116 valence electrons. The minimum Gasteiger partial charge on any atom is -0.350 e. The Morgan fingerprint density at radius 1 is 1.48 bits per heavy atom. The molecule has 4 N–H and O–H groups in total. The normalized spacial score (nSPS) is 16.7. The van der Waals surface area contributed by atoms with Crippen molar-refractivity contribution < 1.29 is 4.79 Å². The second-order valence-corrected chi connectivity index (χ2v) is 5.67. The number of hydrogen-bond donors (Lipinski definition) is 3. The monoisotopic (exact) mass is 311 g/mol. The number of anilines is 1. The van der Waals surface area contributed by atoms with Crippen LogP contribution in [0.4, 0.5) is 5.82 Å². The summed E-state index contributed by atoms with van der Waals surface area (Å²) in [7, 11) is 0. The van der Waals surface area contributed by atoms with Gasteiger partial charge in [-0.05, 0) is 50.5 Å². The van der Waals surface area contributed by atoms with E-state index in [0.717, 1.165) is 32.5 Å². The van der Waals surface area contributed by atoms with Gasteiger partial charge in [0, 0.05) is 6.54 Å². The summed E-state index contributed by atoms with van der Waals surface area (Å²) in [5.74, 6) is 5.98. The summed E-state index contributed by atoms with van der Waals surface area (Å²) in [6, 6.07) is 3.23. The van der Waals surface area contributed by atoms with Gasteiger partial charge in [-0.25, -0.2) is 10.8 Å². The Hall–Kier alpha value is -1.37. The van der Waals surface area contributed by atoms with E-state index < -0.39 is 0 Å². The molecule has 2 heterocycles. The molecule has 0 saturated carbocycles. The molecule has 6 nitrogen and oxygen atoms in total. The number of hydrazine groups is 1. The molecule has 0 spiro atoms. The fraction of sp³-hybridized carbons (Fsp3) is 0.571. The van der Waals surface area contributed by atoms with Crippen molar-refractivity contribution in [1.29, 1.82) is 0 Å². The number of pyridine rings is 1. The van der Waals surface area contributed by atoms with Crippen molar-refractivity contribution in [2.24, 2.45) is 11.8 Å². The molecule has 0 unspecified atom stereocenters. The van der Waals surface area contributed by atoms with Gasteiger partial charge < -0.3 is 15.6 Å². The summed E-state index contributed by atoms with van der Waals surface area (Å²) in [5.41, 5.74) is 2.62. The number of nitrogens with zero attached hydrogens (tertiary/aromatic N) is 2. The second-order valence-electron chi connectivity index (χ2n) is 5.26. The van der Waals surface area contributed by atoms with Crippen molar-refractivity contribution >= 4 is 23.3 Å². The number of halogens is 1. The van der Waals surface area contributed by atoms with Gasteiger partial charge in [0.05, 0.1) is 5.02 Å². The highest BCUT2D eigenvalue weighted by Crippen LogP contribution is 2.18. The van der Waals surface area contributed by atoms with E-state index in [1.165, 1.54) is 0 Å². The van der Waals surface area contributed by atoms with E-state index >= 15 is 0 Å². The quantitative estimate of drug-likeness (QED) is 0.567. The zero-order valence-corrected chi connectivity index (χ0v) is 13.0. The van der Waals surface area contributed by atoms with Crippen LogP contribution in [-0.2, 0) is 0 Å². The van der Waals surface area contributed by atoms with Gasteiger partial charge in [-0.2, -0.15) is 0 Å². The van der Waals surface area contributed by atoms with Crippen LogP contribution in [-0.4, -0.2) is 42.0 Å². The topological polar surface area (TPSA) is 83.3 Å². The van der Waals surface area contributed by atoms with Crippen LogP contribution >= 0.6 is 11.6 Å². The van der Waals surface area contributed by atoms with Crippen molar-refractivity contribution in [3.8, 4) is 0 Å². The van der Waals surface area contributed by atoms with Crippen LogP contribution in [0.1, 0.15) is 30.3 Å². The number of nitrogens with one attached hydrogen (secondary N) is 2. The second kappa shape index (κ2) is 7.59. The van der Waals surface area contributed by atoms with Gasteiger partial charge in [0.1, 0.15) is 11.5 Å². The molecule has 21 heavy (non-hydrogen) atoms. The van der Waals surface area contributed by atoms with Crippen molar-refractivity contribution in [3.05, 3.63) is 22.8 Å². The molecule has 0 aromatic carbocycles. The summed E-state index contributed by atoms with van der Waals surface area (Å²) >= 11 is 6.01. The first-order valence-electron chi connectivity index (χ1n) is 7.27. The predicted molar refractivity (Wildman–Crippen MR) is 84.2 cm³/mol. The van der Waals surface area contributed by atoms with E-state index in [1.807, 2.05) is 0 Å². The van der Waals surface area contributed by atoms with Gasteiger partial charge in [0.2, 0.25) is 0 Å². The Morgan fingerprint density at radius 3 is 2.81 bits per heavy atom. The molecule has 1 aromatic rings. The Bertz CT molecular complexity index is 488. The molecule has 1 saturated heterocycles. The summed E-state index contributed by atoms with van der Waals surface area (Å²) in [5, 5.41) is 3.25. The van der Waals surface area contributed by atoms with Crippen LogP contribution in [0.3, 0.4) is 0 Å². The van der Waals surface area contributed by atoms with Gasteiger partial charge >= 0.3 is 0 Å². The highest BCUT2D eigenvalue weighted by Gasteiger charge is 2.20. The summed E-state index contributed by atoms with van der Waals surface area (Å²) in [6.45, 7) is 6.13. The molecule has 7 heteroatoms. The Balaban J connectivity index is 1.87. The molecule has 0 bridgehead atoms. The van der Waals surface area contributed by atoms with E-state index in [2.05, 4.69) is 27.6 Å². The molecule has 0 aliphatic carbocycles. The standard InChI is InChI=1S/C14H22ClN5O/c1-2-20-7-5-10(6-8-20)9-17-14(21)13-11(15)3-4-12(18-13)19-16/h3-4,10H,2,5-9,16H2,1H3,(H,17,21)(H,18,19). The van der Waals surface area contributed by atoms with Crippen LogP contribution in [0.5, 0.6) is 0 Å². The average molecular weight is 312 g/mol. The molecule has 1 fully saturated rings. The fourth-order valence-corrected chi connectivity index (χ4v) is 2.70. The molecular weight excluding hydrogens is 290 g/mol. The fourth-order valence-electron chi connectivity index (χ4n) is 2.51. The van der Waals surface area contributed by atoms with Crippen LogP contribution in [0.15, 0.2) is 12.1 Å². The molecule has 0 radical (unpaired) electrons. The van der Waals surface area contributed by atoms with Crippen molar-refractivity contribution in [2.45, 2.75) is 19.8 Å². The van der Waals surface area contributed by atoms with Crippen LogP contribution < -0.4 is 16.6 Å². The minimum absolute atomic E-state index is 0.207. The number of aromatic nitrogens is 1. The van der Waals surface area contributed by atoms with Crippen LogP contribution in [0.25, 0.3) is 0 Å². The predicted octanol–water partition coefficient (Wildman–Crippen LogP) is 1.48. The highest BCUT2D eigenvalue weighted by molar-refractivity contribution is 6.33. The van der Waals surface area contributed by atoms with E-state index in [1.54, 1.807) is 12.1 Å². The Labute approximate surface area is 130 Å². The minimum atomic E-state index is -0.255. The van der Waals surface area contributed by atoms with E-state index in [4.69, 9.17) is 17.4 Å². The molecule has 1 aromatic heterocycles. The zero-order chi connectivity index (χ0) is 15.2. The first-order chi connectivity index (χ1) is 10.1. The number of piperidine rings is 1. The first-order valence-corrected chi connectivity index (χ1v) is 7.65. The van der Waals surface area contributed by atoms with E-state index in [-0.39, 0.29) is 11.6 Å². The van der Waals surface area contributed by atoms with Crippen molar-refractivity contribution in [3.63, 3.8) is 0 Å². The third-order valence-electron chi connectivity index (χ3n) is 3.91. The number of nitrogen functional groups attached to an aromatic ring is 1. The lowest BCUT2D eigenvalue weighted by molar-refractivity contribution is 0.0932. The molecule has 2 rings (SSSR count). The maximum atomic E-state index is 12.2. The summed E-state index contributed by atoms with van der Waals surface area (Å²) in [4.78, 5) is 18.7. The number of carbonyl (C=O) groups excluding carboxylic acids is 1. The SMILES string of the molecule is CCN1CCC(CNC(=O)c2nc(NN)ccc2Cl)CC1. The lowest BCUT2D eigenvalue weighted by Gasteiger charge is -2.31. The van der Waals surface area contributed by atoms with E-state index in [9.17, 15) is 4.79 Å². The third-order valence-corrected chi connectivity index (χ3v) is 4.22. The number of likely N-dealkylation sites (tertiary alicyclic amines) is 1. The molecule has 1 aliphatic heterocycles. The van der Waals surface area contributed by atoms with Gasteiger partial charge in [0.15, 0.2) is 0 Å². The first kappa shape index (κ1) is 16.0. The van der Waals surface area contributed by atoms with Crippen LogP contribution in [0, 0.1) is 5.92 Å². The largest absolute Gasteiger partial charge is 0.350 e. The lowest BCUT2D eigenvalue weighted by atomic mass is 9.97. The van der Waals surface area contributed by atoms with Crippen LogP contribution in [0.2, 0.25) is 5.02 Å². The Morgan fingerprint density at radius 2 is 2.19 bits per heavy atom. The van der Waals surface area contributed by atoms with Crippen molar-refractivity contribution in [1.82, 2.24) is 15.2 Å². The number of nitrogens with two attached hydrogens (primary N) is 1. The van der Waals surface area contributed by atoms with E-state index in [0.29, 0.717) is 23.3 Å². The number of amides is 1. The van der Waals surface area contributed by atoms with Crippen molar-refractivity contribution in [2.75, 3.05) is 31.6 Å². The molecule has 0 atom stereocenters. The highest BCUT2D eigenvalue weighted by atomic mass is 35.5. The molecule has 1 aliphatic rings. The maximum Gasteiger partial charge on any atom is 0.271 e. The summed E-state index contributed by atoms with van der Waals surface area (Å²) in [6.07, 6.45) is 2.22. The smallest absolute Gasteiger partial charge is 0.271 e. The number of carbonyl (C=O) groups is 1. The molecule has 1 amide bonds. The van der Waals surface area contributed by atoms with Gasteiger partial charge in [0.25, 0.3) is 5.91 Å².